The first-order valence-corrected chi connectivity index (χ1v) is 8.00. The van der Waals surface area contributed by atoms with Gasteiger partial charge in [-0.25, -0.2) is 0 Å². The monoisotopic (exact) mass is 324 g/mol. The number of H-pyrrole nitrogens is 1. The van der Waals surface area contributed by atoms with Crippen molar-refractivity contribution in [3.63, 3.8) is 0 Å². The summed E-state index contributed by atoms with van der Waals surface area (Å²) in [5, 5.41) is 17.2. The Labute approximate surface area is 140 Å². The van der Waals surface area contributed by atoms with Crippen LogP contribution in [0.2, 0.25) is 0 Å². The van der Waals surface area contributed by atoms with Crippen LogP contribution < -0.4 is 9.47 Å². The van der Waals surface area contributed by atoms with Crippen LogP contribution in [0, 0.1) is 0 Å². The minimum atomic E-state index is 0.117. The van der Waals surface area contributed by atoms with Crippen molar-refractivity contribution in [1.29, 1.82) is 0 Å². The summed E-state index contributed by atoms with van der Waals surface area (Å²) in [5.41, 5.74) is 1.23. The maximum atomic E-state index is 10.3. The van der Waals surface area contributed by atoms with Crippen LogP contribution in [0.4, 0.5) is 0 Å². The highest BCUT2D eigenvalue weighted by atomic mass is 16.5. The SMILES string of the molecule is CCCCOc1ccc(-c2[nH]ncc2Oc2ccccc2)c(O)c1. The molecule has 2 aromatic carbocycles. The van der Waals surface area contributed by atoms with Crippen molar-refractivity contribution >= 4 is 0 Å². The Morgan fingerprint density at radius 1 is 1.08 bits per heavy atom. The third-order valence-electron chi connectivity index (χ3n) is 3.58. The van der Waals surface area contributed by atoms with Crippen molar-refractivity contribution in [3.8, 4) is 34.3 Å². The quantitative estimate of drug-likeness (QED) is 0.615. The van der Waals surface area contributed by atoms with Crippen molar-refractivity contribution in [2.24, 2.45) is 0 Å². The van der Waals surface area contributed by atoms with Crippen LogP contribution in [0.1, 0.15) is 19.8 Å². The van der Waals surface area contributed by atoms with E-state index >= 15 is 0 Å². The number of para-hydroxylation sites is 1. The third-order valence-corrected chi connectivity index (χ3v) is 3.58. The number of ether oxygens (including phenoxy) is 2. The third kappa shape index (κ3) is 3.68. The first-order chi connectivity index (χ1) is 11.8. The highest BCUT2D eigenvalue weighted by Crippen LogP contribution is 2.37. The van der Waals surface area contributed by atoms with E-state index in [9.17, 15) is 5.11 Å². The van der Waals surface area contributed by atoms with Gasteiger partial charge in [0.25, 0.3) is 0 Å². The molecule has 1 heterocycles. The van der Waals surface area contributed by atoms with E-state index in [4.69, 9.17) is 9.47 Å². The van der Waals surface area contributed by atoms with E-state index in [1.54, 1.807) is 18.3 Å². The summed E-state index contributed by atoms with van der Waals surface area (Å²) < 4.78 is 11.4. The van der Waals surface area contributed by atoms with Crippen LogP contribution in [0.15, 0.2) is 54.7 Å². The number of aromatic amines is 1. The van der Waals surface area contributed by atoms with E-state index in [1.165, 1.54) is 0 Å². The van der Waals surface area contributed by atoms with Gasteiger partial charge < -0.3 is 14.6 Å². The zero-order valence-corrected chi connectivity index (χ0v) is 13.5. The van der Waals surface area contributed by atoms with E-state index in [0.717, 1.165) is 12.8 Å². The molecule has 0 aliphatic carbocycles. The molecule has 2 N–H and O–H groups in total. The largest absolute Gasteiger partial charge is 0.507 e. The van der Waals surface area contributed by atoms with Crippen LogP contribution in [0.25, 0.3) is 11.3 Å². The molecule has 1 aromatic heterocycles. The lowest BCUT2D eigenvalue weighted by Gasteiger charge is -2.10. The maximum absolute atomic E-state index is 10.3. The van der Waals surface area contributed by atoms with E-state index in [0.29, 0.717) is 35.1 Å². The minimum Gasteiger partial charge on any atom is -0.507 e. The van der Waals surface area contributed by atoms with Crippen LogP contribution in [0.3, 0.4) is 0 Å². The normalized spacial score (nSPS) is 10.5. The summed E-state index contributed by atoms with van der Waals surface area (Å²) in [6, 6.07) is 14.7. The predicted octanol–water partition coefficient (Wildman–Crippen LogP) is 4.75. The van der Waals surface area contributed by atoms with Crippen molar-refractivity contribution in [1.82, 2.24) is 10.2 Å². The van der Waals surface area contributed by atoms with Crippen LogP contribution >= 0.6 is 0 Å². The Morgan fingerprint density at radius 3 is 2.67 bits per heavy atom. The van der Waals surface area contributed by atoms with Gasteiger partial charge in [0.2, 0.25) is 0 Å². The number of nitrogens with one attached hydrogen (secondary N) is 1. The Balaban J connectivity index is 1.81. The molecule has 0 unspecified atom stereocenters. The highest BCUT2D eigenvalue weighted by Gasteiger charge is 2.14. The molecule has 3 rings (SSSR count). The number of phenols is 1. The lowest BCUT2D eigenvalue weighted by atomic mass is 10.1. The minimum absolute atomic E-state index is 0.117. The molecule has 0 spiro atoms. The molecule has 0 saturated heterocycles. The summed E-state index contributed by atoms with van der Waals surface area (Å²) in [4.78, 5) is 0. The molecule has 0 aliphatic heterocycles. The maximum Gasteiger partial charge on any atom is 0.173 e. The zero-order chi connectivity index (χ0) is 16.8. The number of benzene rings is 2. The molecule has 24 heavy (non-hydrogen) atoms. The fourth-order valence-corrected chi connectivity index (χ4v) is 2.31. The molecule has 0 saturated carbocycles. The van der Waals surface area contributed by atoms with Gasteiger partial charge in [0.05, 0.1) is 12.8 Å². The van der Waals surface area contributed by atoms with Gasteiger partial charge in [0, 0.05) is 11.6 Å². The average Bonchev–Trinajstić information content (AvgIpc) is 3.04. The lowest BCUT2D eigenvalue weighted by Crippen LogP contribution is -1.96. The van der Waals surface area contributed by atoms with Crippen LogP contribution in [0.5, 0.6) is 23.0 Å². The molecule has 3 aromatic rings. The molecule has 0 atom stereocenters. The summed E-state index contributed by atoms with van der Waals surface area (Å²) in [6.45, 7) is 2.75. The number of rotatable bonds is 7. The molecular weight excluding hydrogens is 304 g/mol. The van der Waals surface area contributed by atoms with Crippen molar-refractivity contribution < 1.29 is 14.6 Å². The van der Waals surface area contributed by atoms with E-state index < -0.39 is 0 Å². The number of phenolic OH excluding ortho intramolecular Hbond substituents is 1. The molecule has 0 aliphatic rings. The standard InChI is InChI=1S/C19H20N2O3/c1-2-3-11-23-15-9-10-16(17(22)12-15)19-18(13-20-21-19)24-14-7-5-4-6-8-14/h4-10,12-13,22H,2-3,11H2,1H3,(H,20,21). The van der Waals surface area contributed by atoms with Gasteiger partial charge in [0.15, 0.2) is 5.75 Å². The number of unbranched alkanes of at least 4 members (excludes halogenated alkanes) is 1. The molecule has 0 radical (unpaired) electrons. The van der Waals surface area contributed by atoms with Gasteiger partial charge in [-0.1, -0.05) is 31.5 Å². The second-order valence-corrected chi connectivity index (χ2v) is 5.41. The zero-order valence-electron chi connectivity index (χ0n) is 13.5. The molecular formula is C19H20N2O3. The summed E-state index contributed by atoms with van der Waals surface area (Å²) in [7, 11) is 0. The first-order valence-electron chi connectivity index (χ1n) is 8.00. The number of hydrogen-bond acceptors (Lipinski definition) is 4. The molecule has 5 nitrogen and oxygen atoms in total. The van der Waals surface area contributed by atoms with E-state index in [2.05, 4.69) is 17.1 Å². The topological polar surface area (TPSA) is 67.4 Å². The number of nitrogens with zero attached hydrogens (tertiary/aromatic N) is 1. The summed E-state index contributed by atoms with van der Waals surface area (Å²) in [6.07, 6.45) is 3.64. The molecule has 0 fully saturated rings. The second-order valence-electron chi connectivity index (χ2n) is 5.41. The molecule has 0 amide bonds. The van der Waals surface area contributed by atoms with Gasteiger partial charge in [-0.15, -0.1) is 0 Å². The van der Waals surface area contributed by atoms with E-state index in [-0.39, 0.29) is 5.75 Å². The first kappa shape index (κ1) is 15.9. The number of hydrogen-bond donors (Lipinski definition) is 2. The van der Waals surface area contributed by atoms with Gasteiger partial charge in [-0.3, -0.25) is 5.10 Å². The van der Waals surface area contributed by atoms with Crippen molar-refractivity contribution in [2.45, 2.75) is 19.8 Å². The van der Waals surface area contributed by atoms with Crippen LogP contribution in [-0.2, 0) is 0 Å². The fourth-order valence-electron chi connectivity index (χ4n) is 2.31. The Morgan fingerprint density at radius 2 is 1.92 bits per heavy atom. The van der Waals surface area contributed by atoms with Crippen LogP contribution in [-0.4, -0.2) is 21.9 Å². The lowest BCUT2D eigenvalue weighted by molar-refractivity contribution is 0.307. The average molecular weight is 324 g/mol. The Bertz CT molecular complexity index is 784. The van der Waals surface area contributed by atoms with Gasteiger partial charge >= 0.3 is 0 Å². The summed E-state index contributed by atoms with van der Waals surface area (Å²) in [5.74, 6) is 2.02. The predicted molar refractivity (Wildman–Crippen MR) is 92.6 cm³/mol. The number of aromatic hydroxyl groups is 1. The van der Waals surface area contributed by atoms with Gasteiger partial charge in [0.1, 0.15) is 22.9 Å². The molecule has 5 heteroatoms. The van der Waals surface area contributed by atoms with Gasteiger partial charge in [-0.05, 0) is 30.7 Å². The Kier molecular flexibility index (Phi) is 5.01. The summed E-state index contributed by atoms with van der Waals surface area (Å²) >= 11 is 0. The van der Waals surface area contributed by atoms with Crippen molar-refractivity contribution in [3.05, 3.63) is 54.7 Å². The Hall–Kier alpha value is -2.95. The second kappa shape index (κ2) is 7.55. The molecule has 0 bridgehead atoms. The van der Waals surface area contributed by atoms with Crippen molar-refractivity contribution in [2.75, 3.05) is 6.61 Å². The fraction of sp³-hybridized carbons (Fsp3) is 0.211. The van der Waals surface area contributed by atoms with E-state index in [1.807, 2.05) is 36.4 Å². The van der Waals surface area contributed by atoms with Gasteiger partial charge in [-0.2, -0.15) is 5.10 Å². The number of aromatic nitrogens is 2. The molecule has 124 valence electrons. The smallest absolute Gasteiger partial charge is 0.173 e. The highest BCUT2D eigenvalue weighted by molar-refractivity contribution is 5.73.